The zero-order valence-electron chi connectivity index (χ0n) is 13.5. The molecule has 23 heavy (non-hydrogen) atoms. The molecule has 0 unspecified atom stereocenters. The number of fused-ring (bicyclic) bond motifs is 1. The average molecular weight is 331 g/mol. The minimum Gasteiger partial charge on any atom is -0.497 e. The number of methoxy groups -OCH3 is 1. The number of ether oxygens (including phenoxy) is 1. The summed E-state index contributed by atoms with van der Waals surface area (Å²) in [4.78, 5) is 0. The molecule has 0 saturated carbocycles. The Kier molecular flexibility index (Phi) is 4.31. The molecule has 1 aliphatic rings. The van der Waals surface area contributed by atoms with Gasteiger partial charge in [0.25, 0.3) is 0 Å². The molecule has 1 heterocycles. The van der Waals surface area contributed by atoms with Crippen molar-refractivity contribution in [1.29, 1.82) is 0 Å². The van der Waals surface area contributed by atoms with Crippen LogP contribution in [0.1, 0.15) is 23.1 Å². The fourth-order valence-corrected chi connectivity index (χ4v) is 4.73. The Morgan fingerprint density at radius 2 is 1.96 bits per heavy atom. The van der Waals surface area contributed by atoms with Gasteiger partial charge in [-0.2, -0.15) is 0 Å². The van der Waals surface area contributed by atoms with Gasteiger partial charge in [-0.3, -0.25) is 4.31 Å². The molecule has 0 fully saturated rings. The Morgan fingerprint density at radius 1 is 1.17 bits per heavy atom. The van der Waals surface area contributed by atoms with E-state index in [9.17, 15) is 8.42 Å². The normalized spacial score (nSPS) is 14.4. The highest BCUT2D eigenvalue weighted by Gasteiger charge is 2.28. The minimum absolute atomic E-state index is 0.0241. The molecule has 5 heteroatoms. The van der Waals surface area contributed by atoms with Crippen molar-refractivity contribution in [3.05, 3.63) is 59.2 Å². The van der Waals surface area contributed by atoms with Gasteiger partial charge in [-0.1, -0.05) is 30.3 Å². The summed E-state index contributed by atoms with van der Waals surface area (Å²) in [5, 5.41) is 0. The second-order valence-electron chi connectivity index (χ2n) is 5.85. The molecule has 0 atom stereocenters. The van der Waals surface area contributed by atoms with Crippen LogP contribution in [0.3, 0.4) is 0 Å². The van der Waals surface area contributed by atoms with Gasteiger partial charge in [-0.15, -0.1) is 0 Å². The number of anilines is 1. The molecule has 2 aromatic carbocycles. The maximum absolute atomic E-state index is 13.0. The third kappa shape index (κ3) is 3.20. The van der Waals surface area contributed by atoms with E-state index >= 15 is 0 Å². The molecule has 3 rings (SSSR count). The number of hydrogen-bond acceptors (Lipinski definition) is 3. The van der Waals surface area contributed by atoms with Crippen LogP contribution in [0.15, 0.2) is 42.5 Å². The monoisotopic (exact) mass is 331 g/mol. The number of aryl methyl sites for hydroxylation is 2. The molecule has 0 aromatic heterocycles. The highest BCUT2D eigenvalue weighted by Crippen LogP contribution is 2.33. The lowest BCUT2D eigenvalue weighted by molar-refractivity contribution is 0.414. The highest BCUT2D eigenvalue weighted by atomic mass is 32.2. The Bertz CT molecular complexity index is 815. The van der Waals surface area contributed by atoms with Gasteiger partial charge >= 0.3 is 0 Å². The Labute approximate surface area is 137 Å². The van der Waals surface area contributed by atoms with Crippen LogP contribution in [0.25, 0.3) is 0 Å². The molecule has 2 aromatic rings. The molecule has 0 amide bonds. The lowest BCUT2D eigenvalue weighted by atomic mass is 10.0. The molecular formula is C18H21NO3S. The van der Waals surface area contributed by atoms with Gasteiger partial charge in [0.2, 0.25) is 10.0 Å². The topological polar surface area (TPSA) is 46.6 Å². The minimum atomic E-state index is -3.42. The van der Waals surface area contributed by atoms with Crippen LogP contribution in [-0.4, -0.2) is 22.1 Å². The smallest absolute Gasteiger partial charge is 0.239 e. The van der Waals surface area contributed by atoms with Crippen molar-refractivity contribution in [2.45, 2.75) is 25.5 Å². The van der Waals surface area contributed by atoms with E-state index in [-0.39, 0.29) is 5.75 Å². The van der Waals surface area contributed by atoms with E-state index in [1.54, 1.807) is 11.4 Å². The standard InChI is InChI=1S/C18H21NO3S/c1-14-6-3-4-7-16(14)13-23(20,21)19-11-5-8-15-9-10-17(22-2)12-18(15)19/h3-4,6-7,9-10,12H,5,8,11,13H2,1-2H3. The van der Waals surface area contributed by atoms with Crippen LogP contribution in [0.2, 0.25) is 0 Å². The van der Waals surface area contributed by atoms with Crippen LogP contribution in [-0.2, 0) is 22.2 Å². The highest BCUT2D eigenvalue weighted by molar-refractivity contribution is 7.92. The number of rotatable bonds is 4. The van der Waals surface area contributed by atoms with Crippen molar-refractivity contribution in [2.75, 3.05) is 18.0 Å². The van der Waals surface area contributed by atoms with E-state index in [2.05, 4.69) is 0 Å². The Balaban J connectivity index is 1.97. The molecule has 0 spiro atoms. The second kappa shape index (κ2) is 6.24. The van der Waals surface area contributed by atoms with E-state index in [0.29, 0.717) is 12.3 Å². The van der Waals surface area contributed by atoms with Crippen molar-refractivity contribution in [3.8, 4) is 5.75 Å². The summed E-state index contributed by atoms with van der Waals surface area (Å²) in [7, 11) is -1.83. The number of sulfonamides is 1. The fourth-order valence-electron chi connectivity index (χ4n) is 2.98. The summed E-state index contributed by atoms with van der Waals surface area (Å²) in [5.74, 6) is 0.706. The predicted molar refractivity (Wildman–Crippen MR) is 92.5 cm³/mol. The summed E-state index contributed by atoms with van der Waals surface area (Å²) in [6.07, 6.45) is 1.74. The predicted octanol–water partition coefficient (Wildman–Crippen LogP) is 3.29. The van der Waals surface area contributed by atoms with E-state index in [1.165, 1.54) is 0 Å². The molecule has 0 N–H and O–H groups in total. The van der Waals surface area contributed by atoms with Crippen LogP contribution in [0.4, 0.5) is 5.69 Å². The summed E-state index contributed by atoms with van der Waals surface area (Å²) in [6.45, 7) is 2.46. The van der Waals surface area contributed by atoms with Crippen molar-refractivity contribution in [2.24, 2.45) is 0 Å². The van der Waals surface area contributed by atoms with Gasteiger partial charge in [0.15, 0.2) is 0 Å². The van der Waals surface area contributed by atoms with Gasteiger partial charge in [-0.05, 0) is 42.5 Å². The quantitative estimate of drug-likeness (QED) is 0.864. The average Bonchev–Trinajstić information content (AvgIpc) is 2.55. The van der Waals surface area contributed by atoms with E-state index in [0.717, 1.165) is 35.2 Å². The fraction of sp³-hybridized carbons (Fsp3) is 0.333. The van der Waals surface area contributed by atoms with Crippen molar-refractivity contribution < 1.29 is 13.2 Å². The van der Waals surface area contributed by atoms with E-state index < -0.39 is 10.0 Å². The first-order chi connectivity index (χ1) is 11.0. The molecular weight excluding hydrogens is 310 g/mol. The third-order valence-electron chi connectivity index (χ3n) is 4.30. The second-order valence-corrected chi connectivity index (χ2v) is 7.75. The lowest BCUT2D eigenvalue weighted by Crippen LogP contribution is -2.36. The molecule has 122 valence electrons. The lowest BCUT2D eigenvalue weighted by Gasteiger charge is -2.31. The molecule has 0 saturated heterocycles. The SMILES string of the molecule is COc1ccc2c(c1)N(S(=O)(=O)Cc1ccccc1C)CCC2. The zero-order chi connectivity index (χ0) is 16.4. The summed E-state index contributed by atoms with van der Waals surface area (Å²) < 4.78 is 32.7. The van der Waals surface area contributed by atoms with Crippen molar-refractivity contribution in [3.63, 3.8) is 0 Å². The zero-order valence-corrected chi connectivity index (χ0v) is 14.3. The molecule has 0 bridgehead atoms. The number of nitrogens with zero attached hydrogens (tertiary/aromatic N) is 1. The Hall–Kier alpha value is -2.01. The number of hydrogen-bond donors (Lipinski definition) is 0. The summed E-state index contributed by atoms with van der Waals surface area (Å²) in [5.41, 5.74) is 3.66. The first-order valence-electron chi connectivity index (χ1n) is 7.73. The maximum atomic E-state index is 13.0. The van der Waals surface area contributed by atoms with Crippen LogP contribution < -0.4 is 9.04 Å². The van der Waals surface area contributed by atoms with Crippen LogP contribution in [0.5, 0.6) is 5.75 Å². The van der Waals surface area contributed by atoms with E-state index in [1.807, 2.05) is 49.4 Å². The first-order valence-corrected chi connectivity index (χ1v) is 9.34. The van der Waals surface area contributed by atoms with Crippen LogP contribution in [0, 0.1) is 6.92 Å². The summed E-state index contributed by atoms with van der Waals surface area (Å²) in [6, 6.07) is 13.3. The maximum Gasteiger partial charge on any atom is 0.239 e. The Morgan fingerprint density at radius 3 is 2.70 bits per heavy atom. The molecule has 0 aliphatic carbocycles. The van der Waals surface area contributed by atoms with Gasteiger partial charge in [0, 0.05) is 12.6 Å². The summed E-state index contributed by atoms with van der Waals surface area (Å²) >= 11 is 0. The van der Waals surface area contributed by atoms with Crippen molar-refractivity contribution >= 4 is 15.7 Å². The van der Waals surface area contributed by atoms with Gasteiger partial charge in [0.1, 0.15) is 5.75 Å². The van der Waals surface area contributed by atoms with Crippen LogP contribution >= 0.6 is 0 Å². The molecule has 0 radical (unpaired) electrons. The number of benzene rings is 2. The van der Waals surface area contributed by atoms with E-state index in [4.69, 9.17) is 4.74 Å². The van der Waals surface area contributed by atoms with Crippen molar-refractivity contribution in [1.82, 2.24) is 0 Å². The largest absolute Gasteiger partial charge is 0.497 e. The molecule has 1 aliphatic heterocycles. The van der Waals surface area contributed by atoms with Gasteiger partial charge in [-0.25, -0.2) is 8.42 Å². The first kappa shape index (κ1) is 15.9. The third-order valence-corrected chi connectivity index (χ3v) is 6.03. The van der Waals surface area contributed by atoms with Gasteiger partial charge < -0.3 is 4.74 Å². The van der Waals surface area contributed by atoms with Gasteiger partial charge in [0.05, 0.1) is 18.6 Å². The molecule has 4 nitrogen and oxygen atoms in total.